The Kier molecular flexibility index (Phi) is 6.29. The molecule has 0 atom stereocenters. The molecule has 0 unspecified atom stereocenters. The van der Waals surface area contributed by atoms with E-state index < -0.39 is 10.0 Å². The van der Waals surface area contributed by atoms with E-state index in [2.05, 4.69) is 5.32 Å². The van der Waals surface area contributed by atoms with E-state index in [0.717, 1.165) is 4.31 Å². The van der Waals surface area contributed by atoms with Crippen LogP contribution in [0.3, 0.4) is 0 Å². The normalized spacial score (nSPS) is 11.4. The Morgan fingerprint density at radius 1 is 1.12 bits per heavy atom. The third-order valence-corrected chi connectivity index (χ3v) is 5.53. The van der Waals surface area contributed by atoms with Crippen LogP contribution in [0, 0.1) is 0 Å². The summed E-state index contributed by atoms with van der Waals surface area (Å²) >= 11 is 11.8. The van der Waals surface area contributed by atoms with Crippen LogP contribution in [0.5, 0.6) is 5.75 Å². The number of nitrogens with zero attached hydrogens (tertiary/aromatic N) is 1. The van der Waals surface area contributed by atoms with E-state index >= 15 is 0 Å². The first-order valence-electron chi connectivity index (χ1n) is 7.10. The molecule has 2 rings (SSSR count). The number of carbonyl (C=O) groups excluding carboxylic acids is 1. The summed E-state index contributed by atoms with van der Waals surface area (Å²) in [5.74, 6) is -0.172. The van der Waals surface area contributed by atoms with E-state index in [4.69, 9.17) is 27.9 Å². The number of halogens is 2. The van der Waals surface area contributed by atoms with Crippen LogP contribution in [0.25, 0.3) is 0 Å². The largest absolute Gasteiger partial charge is 0.482 e. The standard InChI is InChI=1S/C16H16Cl2N2O4S/c1-20(2)25(22,23)13-7-8-15(14(18)9-13)24-10-16(21)19-12-5-3-11(17)4-6-12/h3-9H,10H2,1-2H3,(H,19,21). The fourth-order valence-corrected chi connectivity index (χ4v) is 3.20. The van der Waals surface area contributed by atoms with Crippen LogP contribution in [0.15, 0.2) is 47.4 Å². The Bertz CT molecular complexity index is 868. The number of rotatable bonds is 6. The highest BCUT2D eigenvalue weighted by Crippen LogP contribution is 2.28. The molecule has 6 nitrogen and oxygen atoms in total. The molecular weight excluding hydrogens is 387 g/mol. The maximum Gasteiger partial charge on any atom is 0.262 e. The molecule has 0 radical (unpaired) electrons. The summed E-state index contributed by atoms with van der Waals surface area (Å²) in [5, 5.41) is 3.30. The number of sulfonamides is 1. The van der Waals surface area contributed by atoms with E-state index in [1.807, 2.05) is 0 Å². The first-order valence-corrected chi connectivity index (χ1v) is 9.30. The third kappa shape index (κ3) is 5.09. The molecule has 0 saturated carbocycles. The second-order valence-electron chi connectivity index (χ2n) is 5.22. The minimum absolute atomic E-state index is 0.0421. The summed E-state index contributed by atoms with van der Waals surface area (Å²) in [6, 6.07) is 10.7. The maximum absolute atomic E-state index is 12.0. The number of anilines is 1. The van der Waals surface area contributed by atoms with Gasteiger partial charge >= 0.3 is 0 Å². The van der Waals surface area contributed by atoms with Gasteiger partial charge < -0.3 is 10.1 Å². The van der Waals surface area contributed by atoms with Crippen LogP contribution < -0.4 is 10.1 Å². The SMILES string of the molecule is CN(C)S(=O)(=O)c1ccc(OCC(=O)Nc2ccc(Cl)cc2)c(Cl)c1. The lowest BCUT2D eigenvalue weighted by molar-refractivity contribution is -0.118. The van der Waals surface area contributed by atoms with Crippen molar-refractivity contribution in [2.24, 2.45) is 0 Å². The fraction of sp³-hybridized carbons (Fsp3) is 0.188. The second-order valence-corrected chi connectivity index (χ2v) is 8.22. The lowest BCUT2D eigenvalue weighted by Gasteiger charge is -2.13. The van der Waals surface area contributed by atoms with Gasteiger partial charge in [-0.25, -0.2) is 12.7 Å². The minimum atomic E-state index is -3.59. The van der Waals surface area contributed by atoms with E-state index in [1.54, 1.807) is 24.3 Å². The summed E-state index contributed by atoms with van der Waals surface area (Å²) in [6.07, 6.45) is 0. The Labute approximate surface area is 156 Å². The molecule has 1 N–H and O–H groups in total. The first kappa shape index (κ1) is 19.5. The van der Waals surface area contributed by atoms with Crippen LogP contribution in [-0.4, -0.2) is 39.3 Å². The highest BCUT2D eigenvalue weighted by molar-refractivity contribution is 7.89. The maximum atomic E-state index is 12.0. The molecule has 9 heteroatoms. The van der Waals surface area contributed by atoms with Crippen molar-refractivity contribution in [3.05, 3.63) is 52.5 Å². The van der Waals surface area contributed by atoms with Crippen LogP contribution in [0.4, 0.5) is 5.69 Å². The smallest absolute Gasteiger partial charge is 0.262 e. The minimum Gasteiger partial charge on any atom is -0.482 e. The van der Waals surface area contributed by atoms with Crippen molar-refractivity contribution in [2.45, 2.75) is 4.90 Å². The van der Waals surface area contributed by atoms with Gasteiger partial charge in [0.2, 0.25) is 10.0 Å². The average Bonchev–Trinajstić information content (AvgIpc) is 2.55. The third-order valence-electron chi connectivity index (χ3n) is 3.17. The molecule has 1 amide bonds. The highest BCUT2D eigenvalue weighted by atomic mass is 35.5. The van der Waals surface area contributed by atoms with E-state index in [-0.39, 0.29) is 28.2 Å². The molecule has 0 spiro atoms. The molecule has 2 aromatic rings. The summed E-state index contributed by atoms with van der Waals surface area (Å²) in [5.41, 5.74) is 0.580. The lowest BCUT2D eigenvalue weighted by atomic mass is 10.3. The van der Waals surface area contributed by atoms with E-state index in [9.17, 15) is 13.2 Å². The summed E-state index contributed by atoms with van der Waals surface area (Å²) in [7, 11) is -0.738. The van der Waals surface area contributed by atoms with Crippen molar-refractivity contribution < 1.29 is 17.9 Å². The van der Waals surface area contributed by atoms with Crippen molar-refractivity contribution in [3.8, 4) is 5.75 Å². The van der Waals surface area contributed by atoms with Gasteiger partial charge in [0, 0.05) is 24.8 Å². The monoisotopic (exact) mass is 402 g/mol. The van der Waals surface area contributed by atoms with Crippen LogP contribution in [-0.2, 0) is 14.8 Å². The highest BCUT2D eigenvalue weighted by Gasteiger charge is 2.19. The fourth-order valence-electron chi connectivity index (χ4n) is 1.84. The zero-order valence-corrected chi connectivity index (χ0v) is 15.8. The van der Waals surface area contributed by atoms with Gasteiger partial charge in [0.05, 0.1) is 9.92 Å². The molecule has 0 aliphatic carbocycles. The molecule has 134 valence electrons. The quantitative estimate of drug-likeness (QED) is 0.804. The van der Waals surface area contributed by atoms with Gasteiger partial charge in [0.15, 0.2) is 6.61 Å². The number of nitrogens with one attached hydrogen (secondary N) is 1. The molecular formula is C16H16Cl2N2O4S. The molecule has 0 aliphatic heterocycles. The number of carbonyl (C=O) groups is 1. The molecule has 0 saturated heterocycles. The van der Waals surface area contributed by atoms with Gasteiger partial charge in [-0.05, 0) is 42.5 Å². The average molecular weight is 403 g/mol. The Morgan fingerprint density at radius 3 is 2.32 bits per heavy atom. The zero-order chi connectivity index (χ0) is 18.6. The predicted molar refractivity (Wildman–Crippen MR) is 97.9 cm³/mol. The van der Waals surface area contributed by atoms with E-state index in [1.165, 1.54) is 32.3 Å². The summed E-state index contributed by atoms with van der Waals surface area (Å²) in [6.45, 7) is -0.276. The van der Waals surface area contributed by atoms with Crippen LogP contribution in [0.1, 0.15) is 0 Å². The molecule has 0 aromatic heterocycles. The molecule has 2 aromatic carbocycles. The van der Waals surface area contributed by atoms with Crippen molar-refractivity contribution >= 4 is 44.8 Å². The Morgan fingerprint density at radius 2 is 1.76 bits per heavy atom. The topological polar surface area (TPSA) is 75.7 Å². The molecule has 0 heterocycles. The summed E-state index contributed by atoms with van der Waals surface area (Å²) in [4.78, 5) is 11.9. The van der Waals surface area contributed by atoms with Crippen LogP contribution >= 0.6 is 23.2 Å². The number of hydrogen-bond donors (Lipinski definition) is 1. The first-order chi connectivity index (χ1) is 11.7. The zero-order valence-electron chi connectivity index (χ0n) is 13.5. The molecule has 0 bridgehead atoms. The van der Waals surface area contributed by atoms with Crippen molar-refractivity contribution in [3.63, 3.8) is 0 Å². The van der Waals surface area contributed by atoms with Gasteiger partial charge in [-0.2, -0.15) is 0 Å². The second kappa shape index (κ2) is 8.05. The predicted octanol–water partition coefficient (Wildman–Crippen LogP) is 3.26. The summed E-state index contributed by atoms with van der Waals surface area (Å²) < 4.78 is 30.5. The van der Waals surface area contributed by atoms with Gasteiger partial charge in [-0.3, -0.25) is 4.79 Å². The number of amides is 1. The van der Waals surface area contributed by atoms with E-state index in [0.29, 0.717) is 10.7 Å². The van der Waals surface area contributed by atoms with Gasteiger partial charge in [0.25, 0.3) is 5.91 Å². The number of ether oxygens (including phenoxy) is 1. The molecule has 0 aliphatic rings. The van der Waals surface area contributed by atoms with Gasteiger partial charge in [-0.15, -0.1) is 0 Å². The van der Waals surface area contributed by atoms with Crippen LogP contribution in [0.2, 0.25) is 10.0 Å². The van der Waals surface area contributed by atoms with Gasteiger partial charge in [0.1, 0.15) is 5.75 Å². The lowest BCUT2D eigenvalue weighted by Crippen LogP contribution is -2.22. The number of hydrogen-bond acceptors (Lipinski definition) is 4. The Balaban J connectivity index is 2.01. The molecule has 0 fully saturated rings. The van der Waals surface area contributed by atoms with Crippen molar-refractivity contribution in [1.82, 2.24) is 4.31 Å². The van der Waals surface area contributed by atoms with Gasteiger partial charge in [-0.1, -0.05) is 23.2 Å². The van der Waals surface area contributed by atoms with Crippen molar-refractivity contribution in [1.29, 1.82) is 0 Å². The number of benzene rings is 2. The Hall–Kier alpha value is -1.80. The molecule has 25 heavy (non-hydrogen) atoms. The van der Waals surface area contributed by atoms with Crippen molar-refractivity contribution in [2.75, 3.05) is 26.0 Å².